The summed E-state index contributed by atoms with van der Waals surface area (Å²) in [5.41, 5.74) is 1.31. The molecule has 0 amide bonds. The molecule has 156 valence electrons. The van der Waals surface area contributed by atoms with Gasteiger partial charge in [0.05, 0.1) is 5.56 Å². The summed E-state index contributed by atoms with van der Waals surface area (Å²) in [5, 5.41) is 0. The molecule has 0 aliphatic heterocycles. The molecular weight excluding hydrogens is 376 g/mol. The van der Waals surface area contributed by atoms with Crippen molar-refractivity contribution in [2.75, 3.05) is 6.61 Å². The SMILES string of the molecule is O=C(OCC(=O)C12CC3CC(CC(C3)C1)C2)c1ccc(OCc2ccccc2)cc1. The zero-order chi connectivity index (χ0) is 20.6. The normalized spacial score (nSPS) is 28.9. The first kappa shape index (κ1) is 19.3. The smallest absolute Gasteiger partial charge is 0.338 e. The maximum Gasteiger partial charge on any atom is 0.338 e. The molecule has 0 N–H and O–H groups in total. The van der Waals surface area contributed by atoms with E-state index in [1.165, 1.54) is 19.3 Å². The molecule has 2 aromatic rings. The number of Topliss-reactive ketones (excluding diaryl/α,β-unsaturated/α-hetero) is 1. The number of benzene rings is 2. The molecule has 0 aromatic heterocycles. The summed E-state index contributed by atoms with van der Waals surface area (Å²) in [4.78, 5) is 25.5. The molecule has 0 spiro atoms. The van der Waals surface area contributed by atoms with Crippen LogP contribution in [0.15, 0.2) is 54.6 Å². The second-order valence-electron chi connectivity index (χ2n) is 9.50. The Balaban J connectivity index is 1.14. The molecule has 0 radical (unpaired) electrons. The van der Waals surface area contributed by atoms with Gasteiger partial charge in [0.25, 0.3) is 0 Å². The third kappa shape index (κ3) is 3.88. The molecule has 6 rings (SSSR count). The molecular formula is C26H28O4. The van der Waals surface area contributed by atoms with Crippen LogP contribution in [0.4, 0.5) is 0 Å². The van der Waals surface area contributed by atoms with Crippen LogP contribution in [0.2, 0.25) is 0 Å². The third-order valence-corrected chi connectivity index (χ3v) is 7.30. The van der Waals surface area contributed by atoms with Crippen molar-refractivity contribution in [1.82, 2.24) is 0 Å². The van der Waals surface area contributed by atoms with Crippen molar-refractivity contribution in [2.24, 2.45) is 23.2 Å². The average molecular weight is 405 g/mol. The highest BCUT2D eigenvalue weighted by Gasteiger charge is 2.54. The van der Waals surface area contributed by atoms with Crippen molar-refractivity contribution < 1.29 is 19.1 Å². The molecule has 4 nitrogen and oxygen atoms in total. The molecule has 4 heteroatoms. The van der Waals surface area contributed by atoms with Crippen molar-refractivity contribution in [3.63, 3.8) is 0 Å². The van der Waals surface area contributed by atoms with E-state index in [-0.39, 0.29) is 17.8 Å². The highest BCUT2D eigenvalue weighted by Crippen LogP contribution is 2.60. The van der Waals surface area contributed by atoms with E-state index < -0.39 is 5.97 Å². The Hall–Kier alpha value is -2.62. The number of carbonyl (C=O) groups excluding carboxylic acids is 2. The number of ether oxygens (including phenoxy) is 2. The Morgan fingerprint density at radius 3 is 2.03 bits per heavy atom. The van der Waals surface area contributed by atoms with Crippen molar-refractivity contribution in [3.05, 3.63) is 65.7 Å². The minimum atomic E-state index is -0.442. The van der Waals surface area contributed by atoms with E-state index >= 15 is 0 Å². The second kappa shape index (κ2) is 7.90. The van der Waals surface area contributed by atoms with Crippen LogP contribution in [0.3, 0.4) is 0 Å². The van der Waals surface area contributed by atoms with Gasteiger partial charge >= 0.3 is 5.97 Å². The molecule has 0 unspecified atom stereocenters. The Morgan fingerprint density at radius 2 is 1.43 bits per heavy atom. The first-order chi connectivity index (χ1) is 14.6. The van der Waals surface area contributed by atoms with Crippen molar-refractivity contribution >= 4 is 11.8 Å². The van der Waals surface area contributed by atoms with Gasteiger partial charge in [-0.15, -0.1) is 0 Å². The van der Waals surface area contributed by atoms with Crippen LogP contribution >= 0.6 is 0 Å². The van der Waals surface area contributed by atoms with Crippen LogP contribution < -0.4 is 4.74 Å². The van der Waals surface area contributed by atoms with Gasteiger partial charge in [-0.1, -0.05) is 30.3 Å². The van der Waals surface area contributed by atoms with Gasteiger partial charge in [-0.25, -0.2) is 4.79 Å². The number of hydrogen-bond donors (Lipinski definition) is 0. The molecule has 4 aliphatic carbocycles. The fourth-order valence-electron chi connectivity index (χ4n) is 6.25. The van der Waals surface area contributed by atoms with E-state index in [2.05, 4.69) is 0 Å². The summed E-state index contributed by atoms with van der Waals surface area (Å²) < 4.78 is 11.2. The zero-order valence-electron chi connectivity index (χ0n) is 17.2. The first-order valence-electron chi connectivity index (χ1n) is 11.1. The molecule has 4 saturated carbocycles. The molecule has 0 heterocycles. The number of esters is 1. The number of hydrogen-bond acceptors (Lipinski definition) is 4. The van der Waals surface area contributed by atoms with E-state index in [4.69, 9.17) is 9.47 Å². The predicted octanol–water partition coefficient (Wildman–Crippen LogP) is 5.21. The molecule has 0 atom stereocenters. The zero-order valence-corrected chi connectivity index (χ0v) is 17.2. The molecule has 0 saturated heterocycles. The molecule has 4 bridgehead atoms. The van der Waals surface area contributed by atoms with Gasteiger partial charge in [0, 0.05) is 5.41 Å². The Labute approximate surface area is 177 Å². The topological polar surface area (TPSA) is 52.6 Å². The molecule has 2 aromatic carbocycles. The fraction of sp³-hybridized carbons (Fsp3) is 0.462. The standard InChI is InChI=1S/C26H28O4/c27-24(26-13-19-10-20(14-26)12-21(11-19)15-26)17-30-25(28)22-6-8-23(9-7-22)29-16-18-4-2-1-3-5-18/h1-9,19-21H,10-17H2. The summed E-state index contributed by atoms with van der Waals surface area (Å²) >= 11 is 0. The summed E-state index contributed by atoms with van der Waals surface area (Å²) in [6.45, 7) is 0.376. The lowest BCUT2D eigenvalue weighted by molar-refractivity contribution is -0.147. The number of carbonyl (C=O) groups is 2. The van der Waals surface area contributed by atoms with Crippen molar-refractivity contribution in [3.8, 4) is 5.75 Å². The van der Waals surface area contributed by atoms with Gasteiger partial charge in [0.15, 0.2) is 12.4 Å². The first-order valence-corrected chi connectivity index (χ1v) is 11.1. The van der Waals surface area contributed by atoms with Crippen molar-refractivity contribution in [1.29, 1.82) is 0 Å². The second-order valence-corrected chi connectivity index (χ2v) is 9.50. The highest BCUT2D eigenvalue weighted by atomic mass is 16.5. The molecule has 4 fully saturated rings. The predicted molar refractivity (Wildman–Crippen MR) is 113 cm³/mol. The van der Waals surface area contributed by atoms with E-state index in [9.17, 15) is 9.59 Å². The Kier molecular flexibility index (Phi) is 5.10. The summed E-state index contributed by atoms with van der Waals surface area (Å²) in [5.74, 6) is 2.51. The molecule has 30 heavy (non-hydrogen) atoms. The summed E-state index contributed by atoms with van der Waals surface area (Å²) in [6, 6.07) is 16.8. The van der Waals surface area contributed by atoms with E-state index in [1.54, 1.807) is 24.3 Å². The van der Waals surface area contributed by atoms with Gasteiger partial charge in [-0.05, 0) is 86.1 Å². The lowest BCUT2D eigenvalue weighted by Crippen LogP contribution is -2.51. The third-order valence-electron chi connectivity index (χ3n) is 7.30. The van der Waals surface area contributed by atoms with Gasteiger partial charge < -0.3 is 9.47 Å². The summed E-state index contributed by atoms with van der Waals surface area (Å²) in [6.07, 6.45) is 6.90. The van der Waals surface area contributed by atoms with Crippen LogP contribution in [0.5, 0.6) is 5.75 Å². The average Bonchev–Trinajstić information content (AvgIpc) is 2.76. The number of rotatable bonds is 7. The summed E-state index contributed by atoms with van der Waals surface area (Å²) in [7, 11) is 0. The quantitative estimate of drug-likeness (QED) is 0.595. The number of ketones is 1. The van der Waals surface area contributed by atoms with Crippen molar-refractivity contribution in [2.45, 2.75) is 45.1 Å². The van der Waals surface area contributed by atoms with Gasteiger partial charge in [0.2, 0.25) is 0 Å². The van der Waals surface area contributed by atoms with Gasteiger partial charge in [-0.2, -0.15) is 0 Å². The van der Waals surface area contributed by atoms with Gasteiger partial charge in [0.1, 0.15) is 12.4 Å². The van der Waals surface area contributed by atoms with Gasteiger partial charge in [-0.3, -0.25) is 4.79 Å². The Morgan fingerprint density at radius 1 is 0.833 bits per heavy atom. The Bertz CT molecular complexity index is 881. The lowest BCUT2D eigenvalue weighted by Gasteiger charge is -2.55. The monoisotopic (exact) mass is 404 g/mol. The highest BCUT2D eigenvalue weighted by molar-refractivity contribution is 5.93. The van der Waals surface area contributed by atoms with Crippen LogP contribution in [-0.2, 0) is 16.1 Å². The minimum Gasteiger partial charge on any atom is -0.489 e. The molecule has 4 aliphatic rings. The van der Waals surface area contributed by atoms with Crippen LogP contribution in [-0.4, -0.2) is 18.4 Å². The van der Waals surface area contributed by atoms with Crippen LogP contribution in [0.1, 0.15) is 54.4 Å². The van der Waals surface area contributed by atoms with E-state index in [0.717, 1.165) is 24.8 Å². The maximum atomic E-state index is 13.0. The van der Waals surface area contributed by atoms with E-state index in [0.29, 0.717) is 35.7 Å². The fourth-order valence-corrected chi connectivity index (χ4v) is 6.25. The lowest BCUT2D eigenvalue weighted by atomic mass is 9.48. The largest absolute Gasteiger partial charge is 0.489 e. The van der Waals surface area contributed by atoms with Crippen LogP contribution in [0.25, 0.3) is 0 Å². The van der Waals surface area contributed by atoms with Crippen LogP contribution in [0, 0.1) is 23.2 Å². The van der Waals surface area contributed by atoms with E-state index in [1.807, 2.05) is 30.3 Å². The maximum absolute atomic E-state index is 13.0. The minimum absolute atomic E-state index is 0.0999.